The molecule has 1 aromatic carbocycles. The molecule has 0 aliphatic heterocycles. The van der Waals surface area contributed by atoms with Crippen LogP contribution < -0.4 is 0 Å². The highest BCUT2D eigenvalue weighted by atomic mass is 16.1. The van der Waals surface area contributed by atoms with Crippen LogP contribution in [0, 0.1) is 0 Å². The van der Waals surface area contributed by atoms with Gasteiger partial charge < -0.3 is 0 Å². The molecule has 0 fully saturated rings. The van der Waals surface area contributed by atoms with Crippen molar-refractivity contribution < 1.29 is 4.79 Å². The van der Waals surface area contributed by atoms with Crippen LogP contribution in [0.25, 0.3) is 11.3 Å². The SMILES string of the molecule is CCCn1nccc1-c1ccc2c(c1)CCC2=O. The Morgan fingerprint density at radius 1 is 1.28 bits per heavy atom. The molecule has 1 aliphatic carbocycles. The van der Waals surface area contributed by atoms with E-state index in [4.69, 9.17) is 0 Å². The van der Waals surface area contributed by atoms with Gasteiger partial charge in [0.05, 0.1) is 5.69 Å². The molecule has 0 spiro atoms. The number of aromatic nitrogens is 2. The molecular formula is C15H16N2O. The maximum atomic E-state index is 11.6. The smallest absolute Gasteiger partial charge is 0.163 e. The van der Waals surface area contributed by atoms with E-state index in [0.717, 1.165) is 36.2 Å². The minimum Gasteiger partial charge on any atom is -0.294 e. The molecular weight excluding hydrogens is 224 g/mol. The van der Waals surface area contributed by atoms with E-state index in [-0.39, 0.29) is 5.78 Å². The first-order chi connectivity index (χ1) is 8.79. The van der Waals surface area contributed by atoms with Crippen LogP contribution in [0.5, 0.6) is 0 Å². The second-order valence-corrected chi connectivity index (χ2v) is 4.73. The molecule has 18 heavy (non-hydrogen) atoms. The summed E-state index contributed by atoms with van der Waals surface area (Å²) in [6, 6.07) is 8.17. The summed E-state index contributed by atoms with van der Waals surface area (Å²) in [6.45, 7) is 3.07. The van der Waals surface area contributed by atoms with Gasteiger partial charge in [-0.05, 0) is 30.5 Å². The molecule has 0 unspecified atom stereocenters. The molecule has 3 heteroatoms. The fraction of sp³-hybridized carbons (Fsp3) is 0.333. The molecule has 92 valence electrons. The zero-order chi connectivity index (χ0) is 12.5. The van der Waals surface area contributed by atoms with E-state index in [0.29, 0.717) is 6.42 Å². The highest BCUT2D eigenvalue weighted by molar-refractivity contribution is 6.00. The third-order valence-corrected chi connectivity index (χ3v) is 3.47. The summed E-state index contributed by atoms with van der Waals surface area (Å²) >= 11 is 0. The van der Waals surface area contributed by atoms with E-state index >= 15 is 0 Å². The number of carbonyl (C=O) groups is 1. The van der Waals surface area contributed by atoms with Crippen LogP contribution in [-0.2, 0) is 13.0 Å². The number of rotatable bonds is 3. The van der Waals surface area contributed by atoms with Crippen molar-refractivity contribution in [2.75, 3.05) is 0 Å². The largest absolute Gasteiger partial charge is 0.294 e. The fourth-order valence-electron chi connectivity index (χ4n) is 2.58. The lowest BCUT2D eigenvalue weighted by Crippen LogP contribution is -2.01. The van der Waals surface area contributed by atoms with Gasteiger partial charge >= 0.3 is 0 Å². The van der Waals surface area contributed by atoms with Gasteiger partial charge in [-0.3, -0.25) is 9.48 Å². The van der Waals surface area contributed by atoms with Crippen LogP contribution in [0.1, 0.15) is 35.7 Å². The average molecular weight is 240 g/mol. The van der Waals surface area contributed by atoms with Crippen LogP contribution in [0.15, 0.2) is 30.5 Å². The van der Waals surface area contributed by atoms with Gasteiger partial charge in [-0.25, -0.2) is 0 Å². The lowest BCUT2D eigenvalue weighted by Gasteiger charge is -2.07. The zero-order valence-electron chi connectivity index (χ0n) is 10.5. The van der Waals surface area contributed by atoms with Crippen molar-refractivity contribution in [1.82, 2.24) is 9.78 Å². The first-order valence-corrected chi connectivity index (χ1v) is 6.48. The molecule has 1 aliphatic rings. The number of benzene rings is 1. The number of fused-ring (bicyclic) bond motifs is 1. The van der Waals surface area contributed by atoms with Crippen molar-refractivity contribution in [2.45, 2.75) is 32.7 Å². The molecule has 1 aromatic heterocycles. The number of carbonyl (C=O) groups excluding carboxylic acids is 1. The Bertz CT molecular complexity index is 598. The van der Waals surface area contributed by atoms with E-state index in [1.54, 1.807) is 0 Å². The van der Waals surface area contributed by atoms with Gasteiger partial charge in [-0.15, -0.1) is 0 Å². The Morgan fingerprint density at radius 3 is 3.00 bits per heavy atom. The van der Waals surface area contributed by atoms with Crippen molar-refractivity contribution in [2.24, 2.45) is 0 Å². The Balaban J connectivity index is 2.02. The van der Waals surface area contributed by atoms with Crippen molar-refractivity contribution >= 4 is 5.78 Å². The third kappa shape index (κ3) is 1.76. The van der Waals surface area contributed by atoms with Gasteiger partial charge in [0, 0.05) is 30.3 Å². The molecule has 0 N–H and O–H groups in total. The monoisotopic (exact) mass is 240 g/mol. The molecule has 0 saturated heterocycles. The Kier molecular flexibility index (Phi) is 2.74. The number of nitrogens with zero attached hydrogens (tertiary/aromatic N) is 2. The topological polar surface area (TPSA) is 34.9 Å². The van der Waals surface area contributed by atoms with Crippen LogP contribution in [0.3, 0.4) is 0 Å². The van der Waals surface area contributed by atoms with E-state index in [9.17, 15) is 4.79 Å². The first kappa shape index (κ1) is 11.2. The summed E-state index contributed by atoms with van der Waals surface area (Å²) in [4.78, 5) is 11.6. The van der Waals surface area contributed by atoms with Crippen LogP contribution in [0.4, 0.5) is 0 Å². The highest BCUT2D eigenvalue weighted by Gasteiger charge is 2.19. The number of ketones is 1. The van der Waals surface area contributed by atoms with E-state index in [1.165, 1.54) is 5.56 Å². The average Bonchev–Trinajstić information content (AvgIpc) is 2.97. The molecule has 1 heterocycles. The molecule has 3 nitrogen and oxygen atoms in total. The standard InChI is InChI=1S/C15H16N2O/c1-2-9-17-14(7-8-16-17)12-3-5-13-11(10-12)4-6-15(13)18/h3,5,7-8,10H,2,4,6,9H2,1H3. The number of aryl methyl sites for hydroxylation is 2. The van der Waals surface area contributed by atoms with Crippen molar-refractivity contribution in [3.63, 3.8) is 0 Å². The predicted molar refractivity (Wildman–Crippen MR) is 70.6 cm³/mol. The third-order valence-electron chi connectivity index (χ3n) is 3.47. The van der Waals surface area contributed by atoms with Crippen LogP contribution in [-0.4, -0.2) is 15.6 Å². The molecule has 0 radical (unpaired) electrons. The summed E-state index contributed by atoms with van der Waals surface area (Å²) in [5, 5.41) is 4.34. The first-order valence-electron chi connectivity index (χ1n) is 6.48. The fourth-order valence-corrected chi connectivity index (χ4v) is 2.58. The van der Waals surface area contributed by atoms with Gasteiger partial charge in [-0.2, -0.15) is 5.10 Å². The molecule has 0 amide bonds. The lowest BCUT2D eigenvalue weighted by atomic mass is 10.0. The molecule has 2 aromatic rings. The summed E-state index contributed by atoms with van der Waals surface area (Å²) in [5.41, 5.74) is 4.38. The maximum Gasteiger partial charge on any atom is 0.163 e. The predicted octanol–water partition coefficient (Wildman–Crippen LogP) is 3.09. The van der Waals surface area contributed by atoms with E-state index in [1.807, 2.05) is 29.1 Å². The van der Waals surface area contributed by atoms with Gasteiger partial charge in [0.1, 0.15) is 0 Å². The summed E-state index contributed by atoms with van der Waals surface area (Å²) in [7, 11) is 0. The summed E-state index contributed by atoms with van der Waals surface area (Å²) < 4.78 is 2.03. The Hall–Kier alpha value is -1.90. The molecule has 0 saturated carbocycles. The number of hydrogen-bond acceptors (Lipinski definition) is 2. The molecule has 3 rings (SSSR count). The van der Waals surface area contributed by atoms with E-state index in [2.05, 4.69) is 18.1 Å². The summed E-state index contributed by atoms with van der Waals surface area (Å²) in [6.07, 6.45) is 4.44. The van der Waals surface area contributed by atoms with Gasteiger partial charge in [0.25, 0.3) is 0 Å². The lowest BCUT2D eigenvalue weighted by molar-refractivity contribution is 0.0994. The van der Waals surface area contributed by atoms with Crippen molar-refractivity contribution in [3.8, 4) is 11.3 Å². The zero-order valence-corrected chi connectivity index (χ0v) is 10.5. The van der Waals surface area contributed by atoms with Crippen molar-refractivity contribution in [3.05, 3.63) is 41.6 Å². The quantitative estimate of drug-likeness (QED) is 0.826. The molecule has 0 atom stereocenters. The van der Waals surface area contributed by atoms with Gasteiger partial charge in [0.2, 0.25) is 0 Å². The van der Waals surface area contributed by atoms with Crippen LogP contribution >= 0.6 is 0 Å². The second-order valence-electron chi connectivity index (χ2n) is 4.73. The minimum absolute atomic E-state index is 0.276. The molecule has 0 bridgehead atoms. The van der Waals surface area contributed by atoms with Crippen molar-refractivity contribution in [1.29, 1.82) is 0 Å². The second kappa shape index (κ2) is 4.41. The normalized spacial score (nSPS) is 13.9. The maximum absolute atomic E-state index is 11.6. The Labute approximate surface area is 106 Å². The number of hydrogen-bond donors (Lipinski definition) is 0. The number of Topliss-reactive ketones (excluding diaryl/α,β-unsaturated/α-hetero) is 1. The van der Waals surface area contributed by atoms with Gasteiger partial charge in [-0.1, -0.05) is 19.1 Å². The highest BCUT2D eigenvalue weighted by Crippen LogP contribution is 2.28. The summed E-state index contributed by atoms with van der Waals surface area (Å²) in [5.74, 6) is 0.276. The van der Waals surface area contributed by atoms with E-state index < -0.39 is 0 Å². The van der Waals surface area contributed by atoms with Crippen LogP contribution in [0.2, 0.25) is 0 Å². The van der Waals surface area contributed by atoms with Gasteiger partial charge in [0.15, 0.2) is 5.78 Å². The minimum atomic E-state index is 0.276. The Morgan fingerprint density at radius 2 is 2.17 bits per heavy atom.